The Labute approximate surface area is 131 Å². The van der Waals surface area contributed by atoms with Crippen LogP contribution in [0.4, 0.5) is 0 Å². The van der Waals surface area contributed by atoms with Gasteiger partial charge in [0.2, 0.25) is 0 Å². The maximum Gasteiger partial charge on any atom is 0.507 e. The lowest BCUT2D eigenvalue weighted by atomic mass is 10.1. The molecule has 0 heterocycles. The molecule has 0 aromatic heterocycles. The number of nitrogens with one attached hydrogen (secondary N) is 1. The second-order valence-electron chi connectivity index (χ2n) is 4.84. The minimum absolute atomic E-state index is 0.00325. The topological polar surface area (TPSA) is 99.6 Å². The number of hydrogen-bond donors (Lipinski definition) is 1. The molecule has 0 aromatic carbocycles. The summed E-state index contributed by atoms with van der Waals surface area (Å²) < 4.78 is 4.61. The van der Waals surface area contributed by atoms with Gasteiger partial charge in [-0.05, 0) is 5.87 Å². The Bertz CT molecular complexity index is 780. The van der Waals surface area contributed by atoms with Crippen LogP contribution in [-0.4, -0.2) is 14.1 Å². The van der Waals surface area contributed by atoms with E-state index in [2.05, 4.69) is 37.2 Å². The monoisotopic (exact) mass is 306 g/mol. The van der Waals surface area contributed by atoms with Crippen molar-refractivity contribution in [1.82, 2.24) is 0 Å². The van der Waals surface area contributed by atoms with Gasteiger partial charge < -0.3 is 0 Å². The maximum absolute atomic E-state index is 9.30. The van der Waals surface area contributed by atoms with E-state index in [1.54, 1.807) is 0 Å². The van der Waals surface area contributed by atoms with Crippen molar-refractivity contribution in [2.45, 2.75) is 38.9 Å². The molecule has 0 spiro atoms. The van der Waals surface area contributed by atoms with Crippen molar-refractivity contribution >= 4 is 14.1 Å². The van der Waals surface area contributed by atoms with Crippen LogP contribution in [0.2, 0.25) is 18.1 Å². The lowest BCUT2D eigenvalue weighted by Gasteiger charge is -2.04. The number of nitriles is 3. The van der Waals surface area contributed by atoms with Crippen molar-refractivity contribution in [1.29, 1.82) is 21.2 Å². The summed E-state index contributed by atoms with van der Waals surface area (Å²) in [4.78, 5) is 0. The lowest BCUT2D eigenvalue weighted by molar-refractivity contribution is 1.19. The second-order valence-corrected chi connectivity index (χ2v) is 9.64. The molecule has 22 heavy (non-hydrogen) atoms. The van der Waals surface area contributed by atoms with Gasteiger partial charge >= 0.3 is 8.24 Å². The number of hydrogen-bond acceptors (Lipinski definition) is 4. The highest BCUT2D eigenvalue weighted by Crippen LogP contribution is 2.35. The molecule has 0 saturated heterocycles. The van der Waals surface area contributed by atoms with E-state index in [4.69, 9.17) is 5.41 Å². The summed E-state index contributed by atoms with van der Waals surface area (Å²) >= 11 is 0. The molecule has 108 valence electrons. The quantitative estimate of drug-likeness (QED) is 0.635. The third-order valence-corrected chi connectivity index (χ3v) is 8.62. The predicted octanol–water partition coefficient (Wildman–Crippen LogP) is 3.68. The molecule has 0 aromatic rings. The van der Waals surface area contributed by atoms with Gasteiger partial charge in [-0.3, -0.25) is 5.41 Å². The van der Waals surface area contributed by atoms with Crippen LogP contribution < -0.4 is 0 Å². The first-order chi connectivity index (χ1) is 10.6. The highest BCUT2D eigenvalue weighted by molar-refractivity contribution is 6.82. The van der Waals surface area contributed by atoms with E-state index in [1.165, 1.54) is 0 Å². The van der Waals surface area contributed by atoms with Crippen LogP contribution >= 0.6 is 0 Å². The second kappa shape index (κ2) is 7.21. The molecule has 0 radical (unpaired) electrons. The van der Waals surface area contributed by atoms with E-state index in [0.717, 1.165) is 18.1 Å². The fraction of sp³-hybridized carbons (Fsp3) is 0.375. The molecule has 1 N–H and O–H groups in total. The molecule has 0 saturated carbocycles. The highest BCUT2D eigenvalue weighted by atomic mass is 28.3. The van der Waals surface area contributed by atoms with E-state index in [1.807, 2.05) is 18.2 Å². The Morgan fingerprint density at radius 1 is 0.864 bits per heavy atom. The first-order valence-corrected chi connectivity index (χ1v) is 9.62. The Morgan fingerprint density at radius 2 is 1.32 bits per heavy atom. The molecule has 1 rings (SSSR count). The average molecular weight is 306 g/mol. The lowest BCUT2D eigenvalue weighted by Crippen LogP contribution is -2.26. The molecule has 0 atom stereocenters. The molecule has 0 amide bonds. The van der Waals surface area contributed by atoms with Gasteiger partial charge in [-0.1, -0.05) is 20.8 Å². The fourth-order valence-electron chi connectivity index (χ4n) is 2.36. The number of rotatable bonds is 3. The van der Waals surface area contributed by atoms with Crippen molar-refractivity contribution in [3.8, 4) is 24.3 Å². The molecular formula is C16H16N5Si+. The molecule has 0 bridgehead atoms. The SMILES string of the molecule is CC[Si](CC)(CC)[N+]#CC1=C(C#N)C(=C=N)C(C#N)=C1C#N. The number of nitrogens with zero attached hydrogens (tertiary/aromatic N) is 4. The van der Waals surface area contributed by atoms with Crippen molar-refractivity contribution in [2.75, 3.05) is 0 Å². The first-order valence-electron chi connectivity index (χ1n) is 7.05. The summed E-state index contributed by atoms with van der Waals surface area (Å²) in [6.07, 6.45) is 0. The molecule has 0 unspecified atom stereocenters. The van der Waals surface area contributed by atoms with Crippen LogP contribution in [0.3, 0.4) is 0 Å². The van der Waals surface area contributed by atoms with Crippen molar-refractivity contribution in [2.24, 2.45) is 0 Å². The van der Waals surface area contributed by atoms with Crippen LogP contribution in [0.5, 0.6) is 0 Å². The van der Waals surface area contributed by atoms with Crippen molar-refractivity contribution < 1.29 is 0 Å². The van der Waals surface area contributed by atoms with Gasteiger partial charge in [-0.2, -0.15) is 20.3 Å². The zero-order chi connectivity index (χ0) is 16.8. The van der Waals surface area contributed by atoms with Crippen molar-refractivity contribution in [3.63, 3.8) is 0 Å². The maximum atomic E-state index is 9.30. The molecule has 6 heteroatoms. The molecular weight excluding hydrogens is 290 g/mol. The highest BCUT2D eigenvalue weighted by Gasteiger charge is 2.44. The van der Waals surface area contributed by atoms with E-state index in [-0.39, 0.29) is 27.9 Å². The van der Waals surface area contributed by atoms with E-state index < -0.39 is 8.24 Å². The average Bonchev–Trinajstić information content (AvgIpc) is 2.88. The fourth-order valence-corrected chi connectivity index (χ4v) is 4.68. The van der Waals surface area contributed by atoms with Crippen LogP contribution in [0.1, 0.15) is 20.8 Å². The van der Waals surface area contributed by atoms with Crippen LogP contribution in [0.15, 0.2) is 27.9 Å². The van der Waals surface area contributed by atoms with E-state index >= 15 is 0 Å². The van der Waals surface area contributed by atoms with Gasteiger partial charge in [0.1, 0.15) is 23.8 Å². The molecule has 0 fully saturated rings. The third-order valence-electron chi connectivity index (χ3n) is 4.09. The summed E-state index contributed by atoms with van der Waals surface area (Å²) in [5.41, 5.74) is 0.421. The van der Waals surface area contributed by atoms with Crippen LogP contribution in [0, 0.1) is 45.5 Å². The van der Waals surface area contributed by atoms with Crippen LogP contribution in [-0.2, 0) is 0 Å². The van der Waals surface area contributed by atoms with E-state index in [0.29, 0.717) is 0 Å². The summed E-state index contributed by atoms with van der Waals surface area (Å²) in [6, 6.07) is 11.5. The normalized spacial score (nSPS) is 13.7. The smallest absolute Gasteiger partial charge is 0.258 e. The van der Waals surface area contributed by atoms with Gasteiger partial charge in [-0.15, -0.1) is 0 Å². The van der Waals surface area contributed by atoms with Crippen molar-refractivity contribution in [3.05, 3.63) is 32.4 Å². The molecule has 1 aliphatic rings. The zero-order valence-corrected chi connectivity index (χ0v) is 13.9. The Morgan fingerprint density at radius 3 is 1.68 bits per heavy atom. The standard InChI is InChI=1S/C16H16N5Si/c1-4-22(5-2,6-3)21-11-16-14(9-19)12(7-17)13(8-18)15(16)10-20/h17H,4-6H2,1-3H3/q+1. The van der Waals surface area contributed by atoms with Gasteiger partial charge in [-0.25, -0.2) is 0 Å². The van der Waals surface area contributed by atoms with Gasteiger partial charge in [0.05, 0.1) is 22.3 Å². The van der Waals surface area contributed by atoms with Gasteiger partial charge in [0.25, 0.3) is 6.07 Å². The Hall–Kier alpha value is -2.89. The van der Waals surface area contributed by atoms with Gasteiger partial charge in [0.15, 0.2) is 0 Å². The Kier molecular flexibility index (Phi) is 5.62. The summed E-state index contributed by atoms with van der Waals surface area (Å²) in [5.74, 6) is 2.08. The van der Waals surface area contributed by atoms with Crippen LogP contribution in [0.25, 0.3) is 4.51 Å². The molecule has 1 aliphatic carbocycles. The third kappa shape index (κ3) is 2.76. The van der Waals surface area contributed by atoms with Gasteiger partial charge in [0, 0.05) is 18.1 Å². The largest absolute Gasteiger partial charge is 0.507 e. The summed E-state index contributed by atoms with van der Waals surface area (Å²) in [5, 5.41) is 35.0. The minimum Gasteiger partial charge on any atom is -0.258 e. The number of allylic oxidation sites excluding steroid dienone is 5. The molecule has 0 aliphatic heterocycles. The minimum atomic E-state index is -1.86. The first kappa shape index (κ1) is 17.2. The summed E-state index contributed by atoms with van der Waals surface area (Å²) in [7, 11) is -1.86. The summed E-state index contributed by atoms with van der Waals surface area (Å²) in [6.45, 7) is 6.26. The van der Waals surface area contributed by atoms with E-state index in [9.17, 15) is 15.8 Å². The zero-order valence-electron chi connectivity index (χ0n) is 12.9. The molecule has 5 nitrogen and oxygen atoms in total. The Balaban J connectivity index is 3.62. The predicted molar refractivity (Wildman–Crippen MR) is 86.6 cm³/mol.